The summed E-state index contributed by atoms with van der Waals surface area (Å²) in [6.07, 6.45) is -3.60. The van der Waals surface area contributed by atoms with Gasteiger partial charge in [0.2, 0.25) is 0 Å². The minimum atomic E-state index is -4.42. The molecular weight excluding hydrogens is 278 g/mol. The molecule has 8 heteroatoms. The highest BCUT2D eigenvalue weighted by atomic mass is 19.4. The van der Waals surface area contributed by atoms with E-state index in [0.717, 1.165) is 18.3 Å². The molecular formula is C12H9F4N3O. The molecule has 1 aromatic carbocycles. The van der Waals surface area contributed by atoms with Crippen molar-refractivity contribution >= 4 is 5.82 Å². The molecule has 20 heavy (non-hydrogen) atoms. The van der Waals surface area contributed by atoms with Gasteiger partial charge < -0.3 is 10.5 Å². The van der Waals surface area contributed by atoms with E-state index < -0.39 is 17.6 Å². The summed E-state index contributed by atoms with van der Waals surface area (Å²) in [7, 11) is 0. The molecule has 0 unspecified atom stereocenters. The van der Waals surface area contributed by atoms with Crippen LogP contribution in [-0.4, -0.2) is 9.97 Å². The van der Waals surface area contributed by atoms with Gasteiger partial charge >= 0.3 is 12.2 Å². The Balaban J connectivity index is 2.09. The number of anilines is 1. The molecule has 1 aromatic heterocycles. The van der Waals surface area contributed by atoms with Crippen LogP contribution in [-0.2, 0) is 12.8 Å². The largest absolute Gasteiger partial charge is 0.459 e. The number of hydrogen-bond donors (Lipinski definition) is 1. The zero-order valence-electron chi connectivity index (χ0n) is 9.99. The number of ether oxygens (including phenoxy) is 1. The average molecular weight is 287 g/mol. The van der Waals surface area contributed by atoms with Gasteiger partial charge in [0.1, 0.15) is 6.61 Å². The second-order valence-corrected chi connectivity index (χ2v) is 3.87. The third-order valence-electron chi connectivity index (χ3n) is 2.37. The highest BCUT2D eigenvalue weighted by Gasteiger charge is 2.30. The number of nitrogens with zero attached hydrogens (tertiary/aromatic N) is 2. The fourth-order valence-electron chi connectivity index (χ4n) is 1.42. The molecule has 106 valence electrons. The summed E-state index contributed by atoms with van der Waals surface area (Å²) in [6, 6.07) is 4.42. The predicted octanol–water partition coefficient (Wildman–Crippen LogP) is 2.80. The van der Waals surface area contributed by atoms with Crippen LogP contribution in [0.3, 0.4) is 0 Å². The lowest BCUT2D eigenvalue weighted by Gasteiger charge is -2.09. The summed E-state index contributed by atoms with van der Waals surface area (Å²) >= 11 is 0. The highest BCUT2D eigenvalue weighted by molar-refractivity contribution is 5.29. The van der Waals surface area contributed by atoms with E-state index >= 15 is 0 Å². The van der Waals surface area contributed by atoms with Gasteiger partial charge in [-0.3, -0.25) is 0 Å². The Hall–Kier alpha value is -2.38. The molecule has 0 aliphatic carbocycles. The maximum absolute atomic E-state index is 12.8. The maximum Gasteiger partial charge on any atom is 0.416 e. The van der Waals surface area contributed by atoms with Crippen molar-refractivity contribution in [2.24, 2.45) is 0 Å². The molecule has 0 radical (unpaired) electrons. The van der Waals surface area contributed by atoms with E-state index in [1.807, 2.05) is 0 Å². The van der Waals surface area contributed by atoms with Crippen LogP contribution in [0, 0.1) is 5.82 Å². The van der Waals surface area contributed by atoms with E-state index in [9.17, 15) is 17.6 Å². The van der Waals surface area contributed by atoms with E-state index in [1.54, 1.807) is 0 Å². The number of halogens is 4. The van der Waals surface area contributed by atoms with E-state index in [0.29, 0.717) is 0 Å². The minimum Gasteiger partial charge on any atom is -0.459 e. The van der Waals surface area contributed by atoms with Crippen LogP contribution in [0.2, 0.25) is 0 Å². The number of hydrogen-bond acceptors (Lipinski definition) is 4. The van der Waals surface area contributed by atoms with Crippen LogP contribution in [0.1, 0.15) is 11.1 Å². The van der Waals surface area contributed by atoms with Crippen LogP contribution in [0.25, 0.3) is 0 Å². The van der Waals surface area contributed by atoms with Crippen molar-refractivity contribution in [1.29, 1.82) is 0 Å². The van der Waals surface area contributed by atoms with Crippen LogP contribution < -0.4 is 10.5 Å². The molecule has 0 saturated heterocycles. The zero-order valence-corrected chi connectivity index (χ0v) is 9.99. The maximum atomic E-state index is 12.8. The van der Waals surface area contributed by atoms with Gasteiger partial charge in [-0.1, -0.05) is 12.1 Å². The van der Waals surface area contributed by atoms with Crippen molar-refractivity contribution in [3.05, 3.63) is 47.4 Å². The van der Waals surface area contributed by atoms with Crippen molar-refractivity contribution in [3.63, 3.8) is 0 Å². The van der Waals surface area contributed by atoms with E-state index in [-0.39, 0.29) is 24.0 Å². The normalized spacial score (nSPS) is 11.4. The lowest BCUT2D eigenvalue weighted by Crippen LogP contribution is -2.07. The first-order chi connectivity index (χ1) is 9.36. The Kier molecular flexibility index (Phi) is 3.73. The average Bonchev–Trinajstić information content (AvgIpc) is 2.39. The molecule has 0 saturated carbocycles. The molecule has 1 heterocycles. The Morgan fingerprint density at radius 1 is 1.25 bits per heavy atom. The van der Waals surface area contributed by atoms with E-state index in [4.69, 9.17) is 10.5 Å². The fourth-order valence-corrected chi connectivity index (χ4v) is 1.42. The smallest absolute Gasteiger partial charge is 0.416 e. The molecule has 0 atom stereocenters. The molecule has 2 aromatic rings. The quantitative estimate of drug-likeness (QED) is 0.882. The van der Waals surface area contributed by atoms with Gasteiger partial charge in [-0.25, -0.2) is 9.37 Å². The number of aromatic nitrogens is 2. The number of alkyl halides is 3. The summed E-state index contributed by atoms with van der Waals surface area (Å²) < 4.78 is 55.4. The third kappa shape index (κ3) is 3.34. The molecule has 0 amide bonds. The number of nitrogen functional groups attached to an aromatic ring is 1. The number of benzene rings is 1. The predicted molar refractivity (Wildman–Crippen MR) is 62.2 cm³/mol. The van der Waals surface area contributed by atoms with Crippen LogP contribution >= 0.6 is 0 Å². The van der Waals surface area contributed by atoms with E-state index in [1.165, 1.54) is 12.1 Å². The van der Waals surface area contributed by atoms with E-state index in [2.05, 4.69) is 9.97 Å². The monoisotopic (exact) mass is 287 g/mol. The Morgan fingerprint density at radius 2 is 2.00 bits per heavy atom. The fraction of sp³-hybridized carbons (Fsp3) is 0.167. The number of rotatable bonds is 3. The van der Waals surface area contributed by atoms with Crippen LogP contribution in [0.4, 0.5) is 23.4 Å². The van der Waals surface area contributed by atoms with Gasteiger partial charge in [0, 0.05) is 0 Å². The molecule has 0 bridgehead atoms. The summed E-state index contributed by atoms with van der Waals surface area (Å²) in [5.41, 5.74) is 4.72. The first-order valence-electron chi connectivity index (χ1n) is 5.43. The third-order valence-corrected chi connectivity index (χ3v) is 2.37. The Labute approximate surface area is 111 Å². The molecule has 0 spiro atoms. The van der Waals surface area contributed by atoms with Gasteiger partial charge in [-0.05, 0) is 17.7 Å². The second-order valence-electron chi connectivity index (χ2n) is 3.87. The first kappa shape index (κ1) is 14.0. The van der Waals surface area contributed by atoms with Crippen molar-refractivity contribution in [1.82, 2.24) is 9.97 Å². The van der Waals surface area contributed by atoms with Gasteiger partial charge in [-0.15, -0.1) is 0 Å². The standard InChI is InChI=1S/C12H9F4N3O/c13-9-5-18-11(19-10(9)17)20-6-7-2-1-3-8(4-7)12(14,15)16/h1-5H,6H2,(H2,17,18,19). The Morgan fingerprint density at radius 3 is 2.65 bits per heavy atom. The number of nitrogens with two attached hydrogens (primary N) is 1. The zero-order chi connectivity index (χ0) is 14.8. The first-order valence-corrected chi connectivity index (χ1v) is 5.43. The topological polar surface area (TPSA) is 61.0 Å². The van der Waals surface area contributed by atoms with Crippen molar-refractivity contribution < 1.29 is 22.3 Å². The van der Waals surface area contributed by atoms with Gasteiger partial charge in [0.05, 0.1) is 11.8 Å². The van der Waals surface area contributed by atoms with Gasteiger partial charge in [0.15, 0.2) is 11.6 Å². The van der Waals surface area contributed by atoms with Crippen LogP contribution in [0.15, 0.2) is 30.5 Å². The highest BCUT2D eigenvalue weighted by Crippen LogP contribution is 2.29. The second kappa shape index (κ2) is 5.32. The molecule has 2 N–H and O–H groups in total. The minimum absolute atomic E-state index is 0.186. The van der Waals surface area contributed by atoms with Crippen LogP contribution in [0.5, 0.6) is 6.01 Å². The molecule has 0 aliphatic heterocycles. The van der Waals surface area contributed by atoms with Gasteiger partial charge in [0.25, 0.3) is 0 Å². The molecule has 0 fully saturated rings. The molecule has 0 aliphatic rings. The molecule has 2 rings (SSSR count). The lowest BCUT2D eigenvalue weighted by atomic mass is 10.1. The van der Waals surface area contributed by atoms with Gasteiger partial charge in [-0.2, -0.15) is 18.2 Å². The summed E-state index contributed by atoms with van der Waals surface area (Å²) in [5.74, 6) is -1.18. The lowest BCUT2D eigenvalue weighted by molar-refractivity contribution is -0.137. The van der Waals surface area contributed by atoms with Crippen molar-refractivity contribution in [2.75, 3.05) is 5.73 Å². The summed E-state index contributed by atoms with van der Waals surface area (Å²) in [4.78, 5) is 7.02. The summed E-state index contributed by atoms with van der Waals surface area (Å²) in [5, 5.41) is 0. The summed E-state index contributed by atoms with van der Waals surface area (Å²) in [6.45, 7) is -0.186. The SMILES string of the molecule is Nc1nc(OCc2cccc(C(F)(F)F)c2)ncc1F. The van der Waals surface area contributed by atoms with Crippen molar-refractivity contribution in [2.45, 2.75) is 12.8 Å². The Bertz CT molecular complexity index is 616. The molecule has 4 nitrogen and oxygen atoms in total. The van der Waals surface area contributed by atoms with Crippen molar-refractivity contribution in [3.8, 4) is 6.01 Å².